The van der Waals surface area contributed by atoms with E-state index in [0.29, 0.717) is 11.9 Å². The molecule has 1 N–H and O–H groups in total. The number of hydrogen-bond acceptors (Lipinski definition) is 2. The van der Waals surface area contributed by atoms with Crippen LogP contribution in [0.4, 0.5) is 0 Å². The molecular formula is C8H13NO2. The molecule has 0 fully saturated rings. The lowest BCUT2D eigenvalue weighted by Gasteiger charge is -2.18. The maximum absolute atomic E-state index is 10.9. The van der Waals surface area contributed by atoms with Crippen molar-refractivity contribution in [3.8, 4) is 0 Å². The van der Waals surface area contributed by atoms with Crippen molar-refractivity contribution in [3.63, 3.8) is 0 Å². The lowest BCUT2D eigenvalue weighted by Crippen LogP contribution is -2.44. The molecule has 3 nitrogen and oxygen atoms in total. The summed E-state index contributed by atoms with van der Waals surface area (Å²) >= 11 is 0. The molecule has 0 aliphatic rings. The Balaban J connectivity index is 4.15. The minimum Gasteiger partial charge on any atom is -0.341 e. The van der Waals surface area contributed by atoms with Crippen LogP contribution in [-0.4, -0.2) is 17.7 Å². The SMILES string of the molecule is C=C(C)C(=O)NC(C)(C)C=O. The molecule has 0 radical (unpaired) electrons. The van der Waals surface area contributed by atoms with Crippen LogP contribution < -0.4 is 5.32 Å². The summed E-state index contributed by atoms with van der Waals surface area (Å²) < 4.78 is 0. The number of hydrogen-bond donors (Lipinski definition) is 1. The second-order valence-electron chi connectivity index (χ2n) is 3.07. The summed E-state index contributed by atoms with van der Waals surface area (Å²) in [6.07, 6.45) is 0.688. The molecule has 0 atom stereocenters. The first kappa shape index (κ1) is 9.88. The van der Waals surface area contributed by atoms with E-state index in [4.69, 9.17) is 0 Å². The van der Waals surface area contributed by atoms with Gasteiger partial charge >= 0.3 is 0 Å². The zero-order valence-electron chi connectivity index (χ0n) is 7.10. The first-order chi connectivity index (χ1) is 4.89. The van der Waals surface area contributed by atoms with E-state index < -0.39 is 5.54 Å². The molecule has 0 saturated carbocycles. The van der Waals surface area contributed by atoms with Gasteiger partial charge in [0.15, 0.2) is 0 Å². The quantitative estimate of drug-likeness (QED) is 0.480. The number of rotatable bonds is 3. The van der Waals surface area contributed by atoms with Crippen LogP contribution in [0.3, 0.4) is 0 Å². The topological polar surface area (TPSA) is 46.2 Å². The summed E-state index contributed by atoms with van der Waals surface area (Å²) in [5.41, 5.74) is -0.393. The van der Waals surface area contributed by atoms with Crippen LogP contribution in [0.5, 0.6) is 0 Å². The standard InChI is InChI=1S/C8H13NO2/c1-6(2)7(11)9-8(3,4)5-10/h5H,1H2,2-4H3,(H,9,11). The van der Waals surface area contributed by atoms with Gasteiger partial charge in [0.1, 0.15) is 6.29 Å². The van der Waals surface area contributed by atoms with Gasteiger partial charge in [0.2, 0.25) is 5.91 Å². The van der Waals surface area contributed by atoms with Crippen molar-refractivity contribution in [2.24, 2.45) is 0 Å². The zero-order valence-corrected chi connectivity index (χ0v) is 7.10. The molecule has 62 valence electrons. The number of nitrogens with one attached hydrogen (secondary N) is 1. The Hall–Kier alpha value is -1.12. The van der Waals surface area contributed by atoms with Crippen molar-refractivity contribution >= 4 is 12.2 Å². The molecule has 1 amide bonds. The third-order valence-electron chi connectivity index (χ3n) is 1.12. The van der Waals surface area contributed by atoms with Gasteiger partial charge in [-0.05, 0) is 20.8 Å². The molecule has 11 heavy (non-hydrogen) atoms. The summed E-state index contributed by atoms with van der Waals surface area (Å²) in [5, 5.41) is 2.50. The maximum atomic E-state index is 10.9. The maximum Gasteiger partial charge on any atom is 0.247 e. The third kappa shape index (κ3) is 3.55. The highest BCUT2D eigenvalue weighted by molar-refractivity contribution is 5.94. The highest BCUT2D eigenvalue weighted by Gasteiger charge is 2.18. The average molecular weight is 155 g/mol. The van der Waals surface area contributed by atoms with Gasteiger partial charge in [-0.15, -0.1) is 0 Å². The Labute approximate surface area is 66.5 Å². The van der Waals surface area contributed by atoms with Crippen LogP contribution in [0.15, 0.2) is 12.2 Å². The molecule has 0 aliphatic carbocycles. The molecule has 0 saturated heterocycles. The van der Waals surface area contributed by atoms with Gasteiger partial charge in [0, 0.05) is 5.57 Å². The van der Waals surface area contributed by atoms with E-state index in [1.807, 2.05) is 0 Å². The van der Waals surface area contributed by atoms with Crippen LogP contribution in [0.2, 0.25) is 0 Å². The van der Waals surface area contributed by atoms with Gasteiger partial charge in [-0.3, -0.25) is 4.79 Å². The van der Waals surface area contributed by atoms with Crippen molar-refractivity contribution in [2.45, 2.75) is 26.3 Å². The monoisotopic (exact) mass is 155 g/mol. The van der Waals surface area contributed by atoms with Crippen molar-refractivity contribution in [1.82, 2.24) is 5.32 Å². The van der Waals surface area contributed by atoms with Gasteiger partial charge in [-0.1, -0.05) is 6.58 Å². The first-order valence-corrected chi connectivity index (χ1v) is 3.33. The Morgan fingerprint density at radius 2 is 2.00 bits per heavy atom. The van der Waals surface area contributed by atoms with Gasteiger partial charge in [-0.2, -0.15) is 0 Å². The fraction of sp³-hybridized carbons (Fsp3) is 0.500. The Morgan fingerprint density at radius 3 is 2.27 bits per heavy atom. The number of carbonyl (C=O) groups excluding carboxylic acids is 2. The van der Waals surface area contributed by atoms with Crippen LogP contribution in [-0.2, 0) is 9.59 Å². The summed E-state index contributed by atoms with van der Waals surface area (Å²) in [4.78, 5) is 21.3. The molecule has 0 bridgehead atoms. The minimum absolute atomic E-state index is 0.290. The van der Waals surface area contributed by atoms with Gasteiger partial charge in [-0.25, -0.2) is 0 Å². The van der Waals surface area contributed by atoms with Crippen molar-refractivity contribution in [1.29, 1.82) is 0 Å². The molecule has 0 aromatic rings. The Morgan fingerprint density at radius 1 is 1.55 bits per heavy atom. The van der Waals surface area contributed by atoms with Crippen molar-refractivity contribution in [2.75, 3.05) is 0 Å². The molecular weight excluding hydrogens is 142 g/mol. The van der Waals surface area contributed by atoms with E-state index in [0.717, 1.165) is 0 Å². The first-order valence-electron chi connectivity index (χ1n) is 3.33. The molecule has 0 heterocycles. The molecule has 3 heteroatoms. The van der Waals surface area contributed by atoms with Gasteiger partial charge < -0.3 is 10.1 Å². The molecule has 0 unspecified atom stereocenters. The predicted octanol–water partition coefficient (Wildman–Crippen LogP) is 0.656. The van der Waals surface area contributed by atoms with Crippen molar-refractivity contribution < 1.29 is 9.59 Å². The summed E-state index contributed by atoms with van der Waals surface area (Å²) in [6.45, 7) is 8.29. The fourth-order valence-electron chi connectivity index (χ4n) is 0.429. The number of aldehydes is 1. The Bertz CT molecular complexity index is 194. The number of amides is 1. The third-order valence-corrected chi connectivity index (χ3v) is 1.12. The molecule has 0 aromatic carbocycles. The highest BCUT2D eigenvalue weighted by Crippen LogP contribution is 1.98. The average Bonchev–Trinajstić information content (AvgIpc) is 1.87. The molecule has 0 rings (SSSR count). The minimum atomic E-state index is -0.796. The summed E-state index contributed by atoms with van der Waals surface area (Å²) in [6, 6.07) is 0. The smallest absolute Gasteiger partial charge is 0.247 e. The van der Waals surface area contributed by atoms with E-state index in [1.54, 1.807) is 20.8 Å². The van der Waals surface area contributed by atoms with E-state index in [2.05, 4.69) is 11.9 Å². The van der Waals surface area contributed by atoms with E-state index in [1.165, 1.54) is 0 Å². The zero-order chi connectivity index (χ0) is 9.07. The van der Waals surface area contributed by atoms with Gasteiger partial charge in [0.05, 0.1) is 5.54 Å². The molecule has 0 aromatic heterocycles. The lowest BCUT2D eigenvalue weighted by atomic mass is 10.1. The predicted molar refractivity (Wildman–Crippen MR) is 43.1 cm³/mol. The van der Waals surface area contributed by atoms with Crippen LogP contribution in [0, 0.1) is 0 Å². The Kier molecular flexibility index (Phi) is 2.99. The second kappa shape index (κ2) is 3.32. The van der Waals surface area contributed by atoms with Crippen molar-refractivity contribution in [3.05, 3.63) is 12.2 Å². The van der Waals surface area contributed by atoms with E-state index in [9.17, 15) is 9.59 Å². The largest absolute Gasteiger partial charge is 0.341 e. The summed E-state index contributed by atoms with van der Waals surface area (Å²) in [5.74, 6) is -0.290. The van der Waals surface area contributed by atoms with Crippen LogP contribution >= 0.6 is 0 Å². The fourth-order valence-corrected chi connectivity index (χ4v) is 0.429. The van der Waals surface area contributed by atoms with E-state index >= 15 is 0 Å². The normalized spacial score (nSPS) is 10.5. The second-order valence-corrected chi connectivity index (χ2v) is 3.07. The van der Waals surface area contributed by atoms with Gasteiger partial charge in [0.25, 0.3) is 0 Å². The van der Waals surface area contributed by atoms with Crippen LogP contribution in [0.25, 0.3) is 0 Å². The molecule has 0 aliphatic heterocycles. The highest BCUT2D eigenvalue weighted by atomic mass is 16.2. The van der Waals surface area contributed by atoms with Crippen LogP contribution in [0.1, 0.15) is 20.8 Å². The summed E-state index contributed by atoms with van der Waals surface area (Å²) in [7, 11) is 0. The number of carbonyl (C=O) groups is 2. The lowest BCUT2D eigenvalue weighted by molar-refractivity contribution is -0.123. The van der Waals surface area contributed by atoms with E-state index in [-0.39, 0.29) is 5.91 Å². The molecule has 0 spiro atoms.